The fraction of sp³-hybridized carbons (Fsp3) is 0.867. The summed E-state index contributed by atoms with van der Waals surface area (Å²) < 4.78 is 9.70. The molecular weight excluding hydrogens is 256 g/mol. The van der Waals surface area contributed by atoms with Crippen molar-refractivity contribution in [2.75, 3.05) is 7.11 Å². The average Bonchev–Trinajstić information content (AvgIpc) is 2.91. The Hall–Kier alpha value is -0.640. The first-order chi connectivity index (χ1) is 9.16. The number of methoxy groups -OCH3 is 1. The molecule has 1 aromatic rings. The quantitative estimate of drug-likeness (QED) is 0.569. The molecule has 4 heteroatoms. The van der Waals surface area contributed by atoms with Gasteiger partial charge in [0, 0.05) is 16.9 Å². The Kier molecular flexibility index (Phi) is 7.36. The molecular formula is C15H28N2OS. The van der Waals surface area contributed by atoms with Gasteiger partial charge in [-0.25, -0.2) is 0 Å². The molecule has 1 heterocycles. The summed E-state index contributed by atoms with van der Waals surface area (Å²) in [4.78, 5) is 4.54. The highest BCUT2D eigenvalue weighted by molar-refractivity contribution is 7.07. The van der Waals surface area contributed by atoms with Crippen LogP contribution in [0.25, 0.3) is 0 Å². The third-order valence-corrected chi connectivity index (χ3v) is 4.46. The molecule has 1 aromatic heterocycles. The van der Waals surface area contributed by atoms with E-state index in [1.165, 1.54) is 62.9 Å². The zero-order valence-corrected chi connectivity index (χ0v) is 13.7. The van der Waals surface area contributed by atoms with Crippen molar-refractivity contribution in [1.29, 1.82) is 0 Å². The highest BCUT2D eigenvalue weighted by Gasteiger charge is 2.30. The predicted molar refractivity (Wildman–Crippen MR) is 82.1 cm³/mol. The second kappa shape index (κ2) is 8.51. The van der Waals surface area contributed by atoms with E-state index >= 15 is 0 Å². The molecule has 0 spiro atoms. The van der Waals surface area contributed by atoms with Crippen molar-refractivity contribution in [3.8, 4) is 5.19 Å². The van der Waals surface area contributed by atoms with Crippen LogP contribution in [0, 0.1) is 0 Å². The van der Waals surface area contributed by atoms with Gasteiger partial charge in [0.25, 0.3) is 5.19 Å². The van der Waals surface area contributed by atoms with Crippen molar-refractivity contribution in [3.05, 3.63) is 5.82 Å². The lowest BCUT2D eigenvalue weighted by Gasteiger charge is -2.26. The van der Waals surface area contributed by atoms with Crippen LogP contribution in [0.3, 0.4) is 0 Å². The van der Waals surface area contributed by atoms with E-state index in [1.807, 2.05) is 0 Å². The van der Waals surface area contributed by atoms with Crippen molar-refractivity contribution >= 4 is 11.5 Å². The fourth-order valence-corrected chi connectivity index (χ4v) is 3.02. The standard InChI is InChI=1S/C15H28N2OS/c1-5-7-9-10-12-15(3,11-8-6-2)13-16-14(18-4)19-17-13/h5-12H2,1-4H3. The highest BCUT2D eigenvalue weighted by atomic mass is 32.1. The Morgan fingerprint density at radius 3 is 2.32 bits per heavy atom. The molecule has 0 aliphatic rings. The Bertz CT molecular complexity index is 354. The van der Waals surface area contributed by atoms with Gasteiger partial charge < -0.3 is 4.74 Å². The van der Waals surface area contributed by atoms with Gasteiger partial charge in [-0.2, -0.15) is 9.36 Å². The number of hydrogen-bond acceptors (Lipinski definition) is 4. The van der Waals surface area contributed by atoms with Crippen LogP contribution in [-0.2, 0) is 5.41 Å². The number of hydrogen-bond donors (Lipinski definition) is 0. The molecule has 0 amide bonds. The summed E-state index contributed by atoms with van der Waals surface area (Å²) in [5.74, 6) is 0.985. The van der Waals surface area contributed by atoms with E-state index in [-0.39, 0.29) is 5.41 Å². The lowest BCUT2D eigenvalue weighted by molar-refractivity contribution is 0.346. The summed E-state index contributed by atoms with van der Waals surface area (Å²) >= 11 is 1.37. The maximum atomic E-state index is 5.18. The van der Waals surface area contributed by atoms with Gasteiger partial charge >= 0.3 is 0 Å². The lowest BCUT2D eigenvalue weighted by Crippen LogP contribution is -2.23. The van der Waals surface area contributed by atoms with Crippen LogP contribution in [0.15, 0.2) is 0 Å². The van der Waals surface area contributed by atoms with Crippen LogP contribution >= 0.6 is 11.5 Å². The summed E-state index contributed by atoms with van der Waals surface area (Å²) in [6.45, 7) is 6.81. The van der Waals surface area contributed by atoms with E-state index in [0.29, 0.717) is 5.19 Å². The molecule has 1 rings (SSSR count). The molecule has 0 fully saturated rings. The molecule has 0 bridgehead atoms. The monoisotopic (exact) mass is 284 g/mol. The maximum Gasteiger partial charge on any atom is 0.292 e. The Labute approximate surface area is 122 Å². The summed E-state index contributed by atoms with van der Waals surface area (Å²) in [6.07, 6.45) is 10.0. The molecule has 3 nitrogen and oxygen atoms in total. The molecule has 0 saturated heterocycles. The summed E-state index contributed by atoms with van der Waals surface area (Å²) in [5, 5.41) is 0.686. The number of ether oxygens (including phenoxy) is 1. The minimum Gasteiger partial charge on any atom is -0.472 e. The number of nitrogens with zero attached hydrogens (tertiary/aromatic N) is 2. The maximum absolute atomic E-state index is 5.18. The zero-order chi connectivity index (χ0) is 14.1. The molecule has 0 aromatic carbocycles. The minimum absolute atomic E-state index is 0.122. The Morgan fingerprint density at radius 1 is 1.05 bits per heavy atom. The van der Waals surface area contributed by atoms with Crippen molar-refractivity contribution in [2.24, 2.45) is 0 Å². The summed E-state index contributed by atoms with van der Waals surface area (Å²) in [5.41, 5.74) is 0.122. The van der Waals surface area contributed by atoms with E-state index in [9.17, 15) is 0 Å². The molecule has 19 heavy (non-hydrogen) atoms. The van der Waals surface area contributed by atoms with E-state index in [1.54, 1.807) is 7.11 Å². The molecule has 110 valence electrons. The van der Waals surface area contributed by atoms with Crippen molar-refractivity contribution in [1.82, 2.24) is 9.36 Å². The van der Waals surface area contributed by atoms with Crippen LogP contribution in [0.2, 0.25) is 0 Å². The van der Waals surface area contributed by atoms with E-state index in [0.717, 1.165) is 5.82 Å². The van der Waals surface area contributed by atoms with Crippen LogP contribution in [0.4, 0.5) is 0 Å². The van der Waals surface area contributed by atoms with Gasteiger partial charge in [-0.15, -0.1) is 0 Å². The van der Waals surface area contributed by atoms with Crippen molar-refractivity contribution in [3.63, 3.8) is 0 Å². The fourth-order valence-electron chi connectivity index (χ4n) is 2.40. The highest BCUT2D eigenvalue weighted by Crippen LogP contribution is 2.35. The van der Waals surface area contributed by atoms with E-state index in [2.05, 4.69) is 30.1 Å². The number of unbranched alkanes of at least 4 members (excludes halogenated alkanes) is 4. The second-order valence-corrected chi connectivity index (χ2v) is 6.28. The van der Waals surface area contributed by atoms with Gasteiger partial charge in [-0.1, -0.05) is 59.3 Å². The Balaban J connectivity index is 2.67. The smallest absolute Gasteiger partial charge is 0.292 e. The van der Waals surface area contributed by atoms with Crippen molar-refractivity contribution in [2.45, 2.75) is 77.6 Å². The third kappa shape index (κ3) is 5.09. The molecule has 1 atom stereocenters. The topological polar surface area (TPSA) is 35.0 Å². The van der Waals surface area contributed by atoms with Crippen LogP contribution in [0.5, 0.6) is 5.19 Å². The SMILES string of the molecule is CCCCCCC(C)(CCCC)c1nsc(OC)n1. The number of aromatic nitrogens is 2. The largest absolute Gasteiger partial charge is 0.472 e. The Morgan fingerprint density at radius 2 is 1.74 bits per heavy atom. The lowest BCUT2D eigenvalue weighted by atomic mass is 9.79. The van der Waals surface area contributed by atoms with Crippen LogP contribution < -0.4 is 4.74 Å². The zero-order valence-electron chi connectivity index (χ0n) is 12.9. The first-order valence-corrected chi connectivity index (χ1v) is 8.31. The predicted octanol–water partition coefficient (Wildman–Crippen LogP) is 4.97. The van der Waals surface area contributed by atoms with Gasteiger partial charge in [0.1, 0.15) is 0 Å². The molecule has 0 saturated carbocycles. The molecule has 0 aliphatic carbocycles. The van der Waals surface area contributed by atoms with E-state index in [4.69, 9.17) is 4.74 Å². The van der Waals surface area contributed by atoms with Gasteiger partial charge in [0.15, 0.2) is 5.82 Å². The molecule has 0 N–H and O–H groups in total. The first-order valence-electron chi connectivity index (χ1n) is 7.54. The second-order valence-electron chi connectivity index (χ2n) is 5.56. The van der Waals surface area contributed by atoms with E-state index < -0.39 is 0 Å². The molecule has 0 aliphatic heterocycles. The van der Waals surface area contributed by atoms with Gasteiger partial charge in [-0.05, 0) is 12.8 Å². The summed E-state index contributed by atoms with van der Waals surface area (Å²) in [6, 6.07) is 0. The van der Waals surface area contributed by atoms with Crippen LogP contribution in [0.1, 0.15) is 78.0 Å². The van der Waals surface area contributed by atoms with Gasteiger partial charge in [-0.3, -0.25) is 0 Å². The normalized spacial score (nSPS) is 14.3. The number of rotatable bonds is 10. The van der Waals surface area contributed by atoms with Crippen molar-refractivity contribution < 1.29 is 4.74 Å². The third-order valence-electron chi connectivity index (χ3n) is 3.79. The van der Waals surface area contributed by atoms with Gasteiger partial charge in [0.05, 0.1) is 7.11 Å². The summed E-state index contributed by atoms with van der Waals surface area (Å²) in [7, 11) is 1.66. The first kappa shape index (κ1) is 16.4. The van der Waals surface area contributed by atoms with Crippen LogP contribution in [-0.4, -0.2) is 16.5 Å². The molecule has 1 unspecified atom stereocenters. The minimum atomic E-state index is 0.122. The van der Waals surface area contributed by atoms with Gasteiger partial charge in [0.2, 0.25) is 0 Å². The average molecular weight is 284 g/mol. The molecule has 0 radical (unpaired) electrons.